The lowest BCUT2D eigenvalue weighted by molar-refractivity contribution is -0.135. The summed E-state index contributed by atoms with van der Waals surface area (Å²) in [6, 6.07) is 1.89. The molecule has 1 fully saturated rings. The Morgan fingerprint density at radius 1 is 1.41 bits per heavy atom. The number of aryl methyl sites for hydroxylation is 1. The molecule has 1 aromatic rings. The van der Waals surface area contributed by atoms with Gasteiger partial charge in [0.1, 0.15) is 13.1 Å². The van der Waals surface area contributed by atoms with Crippen molar-refractivity contribution in [3.8, 4) is 0 Å². The largest absolute Gasteiger partial charge is 0.319 e. The number of carbonyl (C=O) groups is 3. The van der Waals surface area contributed by atoms with Gasteiger partial charge in [-0.3, -0.25) is 19.7 Å². The number of nitrogens with zero attached hydrogens (tertiary/aromatic N) is 1. The van der Waals surface area contributed by atoms with Crippen molar-refractivity contribution >= 4 is 29.1 Å². The molecular formula is C11H12N2O3S. The van der Waals surface area contributed by atoms with Crippen LogP contribution in [0.2, 0.25) is 0 Å². The van der Waals surface area contributed by atoms with E-state index in [9.17, 15) is 14.4 Å². The van der Waals surface area contributed by atoms with Crippen LogP contribution in [0.4, 0.5) is 0 Å². The van der Waals surface area contributed by atoms with Crippen LogP contribution in [0.3, 0.4) is 0 Å². The molecule has 0 radical (unpaired) electrons. The first-order chi connectivity index (χ1) is 8.11. The predicted molar refractivity (Wildman–Crippen MR) is 62.8 cm³/mol. The van der Waals surface area contributed by atoms with Crippen LogP contribution in [0, 0.1) is 0 Å². The summed E-state index contributed by atoms with van der Waals surface area (Å²) in [5.41, 5.74) is 0.957. The summed E-state index contributed by atoms with van der Waals surface area (Å²) in [7, 11) is 0. The first-order valence-corrected chi connectivity index (χ1v) is 6.18. The summed E-state index contributed by atoms with van der Waals surface area (Å²) < 4.78 is 0. The maximum absolute atomic E-state index is 12.1. The van der Waals surface area contributed by atoms with Crippen LogP contribution in [0.15, 0.2) is 11.4 Å². The molecular weight excluding hydrogens is 240 g/mol. The van der Waals surface area contributed by atoms with Gasteiger partial charge in [0.2, 0.25) is 11.8 Å². The molecule has 2 rings (SSSR count). The Labute approximate surface area is 102 Å². The lowest BCUT2D eigenvalue weighted by atomic mass is 10.2. The van der Waals surface area contributed by atoms with Gasteiger partial charge in [0, 0.05) is 0 Å². The van der Waals surface area contributed by atoms with E-state index >= 15 is 0 Å². The van der Waals surface area contributed by atoms with E-state index in [0.29, 0.717) is 4.88 Å². The van der Waals surface area contributed by atoms with Crippen molar-refractivity contribution in [2.24, 2.45) is 0 Å². The number of rotatable bonds is 2. The van der Waals surface area contributed by atoms with E-state index in [-0.39, 0.29) is 19.0 Å². The van der Waals surface area contributed by atoms with Gasteiger partial charge in [-0.2, -0.15) is 0 Å². The molecule has 3 amide bonds. The van der Waals surface area contributed by atoms with E-state index in [1.807, 2.05) is 18.4 Å². The highest BCUT2D eigenvalue weighted by molar-refractivity contribution is 7.12. The molecule has 1 aliphatic rings. The zero-order valence-corrected chi connectivity index (χ0v) is 10.2. The average Bonchev–Trinajstić information content (AvgIpc) is 2.74. The Hall–Kier alpha value is -1.69. The molecule has 0 aromatic carbocycles. The van der Waals surface area contributed by atoms with E-state index in [1.165, 1.54) is 16.2 Å². The van der Waals surface area contributed by atoms with Gasteiger partial charge in [-0.05, 0) is 23.4 Å². The molecule has 2 heterocycles. The zero-order chi connectivity index (χ0) is 12.4. The third-order valence-electron chi connectivity index (χ3n) is 2.56. The Morgan fingerprint density at radius 3 is 2.65 bits per heavy atom. The lowest BCUT2D eigenvalue weighted by Gasteiger charge is -2.25. The van der Waals surface area contributed by atoms with Gasteiger partial charge in [0.05, 0.1) is 4.88 Å². The number of amides is 3. The van der Waals surface area contributed by atoms with Crippen molar-refractivity contribution in [1.29, 1.82) is 0 Å². The van der Waals surface area contributed by atoms with Crippen molar-refractivity contribution in [3.63, 3.8) is 0 Å². The maximum atomic E-state index is 12.1. The molecule has 0 saturated carbocycles. The van der Waals surface area contributed by atoms with Crippen LogP contribution >= 0.6 is 11.3 Å². The number of nitrogens with one attached hydrogen (secondary N) is 1. The molecule has 0 atom stereocenters. The average molecular weight is 252 g/mol. The molecule has 0 unspecified atom stereocenters. The predicted octanol–water partition coefficient (Wildman–Crippen LogP) is 0.409. The number of hydrogen-bond acceptors (Lipinski definition) is 4. The molecule has 1 saturated heterocycles. The topological polar surface area (TPSA) is 66.5 Å². The standard InChI is InChI=1S/C11H12N2O3S/c1-2-7-3-4-17-10(7)11(16)13-5-8(14)12-9(15)6-13/h3-4H,2,5-6H2,1H3,(H,12,14,15). The van der Waals surface area contributed by atoms with Crippen LogP contribution in [0.1, 0.15) is 22.2 Å². The number of imide groups is 1. The fraction of sp³-hybridized carbons (Fsp3) is 0.364. The molecule has 90 valence electrons. The van der Waals surface area contributed by atoms with E-state index in [2.05, 4.69) is 5.32 Å². The Balaban J connectivity index is 2.20. The molecule has 1 N–H and O–H groups in total. The normalized spacial score (nSPS) is 15.9. The SMILES string of the molecule is CCc1ccsc1C(=O)N1CC(=O)NC(=O)C1. The van der Waals surface area contributed by atoms with Gasteiger partial charge in [-0.25, -0.2) is 0 Å². The maximum Gasteiger partial charge on any atom is 0.265 e. The van der Waals surface area contributed by atoms with Gasteiger partial charge in [0.25, 0.3) is 5.91 Å². The van der Waals surface area contributed by atoms with Gasteiger partial charge in [-0.15, -0.1) is 11.3 Å². The lowest BCUT2D eigenvalue weighted by Crippen LogP contribution is -2.53. The smallest absolute Gasteiger partial charge is 0.265 e. The number of thiophene rings is 1. The van der Waals surface area contributed by atoms with Crippen LogP contribution in [-0.4, -0.2) is 35.7 Å². The van der Waals surface area contributed by atoms with Gasteiger partial charge in [-0.1, -0.05) is 6.92 Å². The summed E-state index contributed by atoms with van der Waals surface area (Å²) in [6.45, 7) is 1.87. The molecule has 5 nitrogen and oxygen atoms in total. The molecule has 17 heavy (non-hydrogen) atoms. The fourth-order valence-electron chi connectivity index (χ4n) is 1.73. The highest BCUT2D eigenvalue weighted by atomic mass is 32.1. The van der Waals surface area contributed by atoms with Gasteiger partial charge >= 0.3 is 0 Å². The van der Waals surface area contributed by atoms with E-state index < -0.39 is 11.8 Å². The molecule has 0 bridgehead atoms. The number of carbonyl (C=O) groups excluding carboxylic acids is 3. The third-order valence-corrected chi connectivity index (χ3v) is 3.50. The van der Waals surface area contributed by atoms with Crippen LogP contribution in [-0.2, 0) is 16.0 Å². The van der Waals surface area contributed by atoms with E-state index in [1.54, 1.807) is 0 Å². The molecule has 1 aliphatic heterocycles. The zero-order valence-electron chi connectivity index (χ0n) is 9.36. The fourth-order valence-corrected chi connectivity index (χ4v) is 2.69. The molecule has 1 aromatic heterocycles. The van der Waals surface area contributed by atoms with Crippen molar-refractivity contribution < 1.29 is 14.4 Å². The molecule has 0 aliphatic carbocycles. The summed E-state index contributed by atoms with van der Waals surface area (Å²) in [5.74, 6) is -1.09. The van der Waals surface area contributed by atoms with Crippen molar-refractivity contribution in [1.82, 2.24) is 10.2 Å². The highest BCUT2D eigenvalue weighted by Gasteiger charge is 2.28. The Morgan fingerprint density at radius 2 is 2.06 bits per heavy atom. The summed E-state index contributed by atoms with van der Waals surface area (Å²) in [6.07, 6.45) is 0.762. The second-order valence-corrected chi connectivity index (χ2v) is 4.68. The first-order valence-electron chi connectivity index (χ1n) is 5.30. The minimum atomic E-state index is -0.427. The minimum absolute atomic E-state index is 0.0500. The monoisotopic (exact) mass is 252 g/mol. The molecule has 0 spiro atoms. The summed E-state index contributed by atoms with van der Waals surface area (Å²) in [5, 5.41) is 4.01. The van der Waals surface area contributed by atoms with Crippen molar-refractivity contribution in [2.45, 2.75) is 13.3 Å². The third kappa shape index (κ3) is 2.36. The van der Waals surface area contributed by atoms with Gasteiger partial charge in [0.15, 0.2) is 0 Å². The van der Waals surface area contributed by atoms with Crippen LogP contribution in [0.25, 0.3) is 0 Å². The first kappa shape index (κ1) is 11.8. The summed E-state index contributed by atoms with van der Waals surface area (Å²) in [4.78, 5) is 36.4. The van der Waals surface area contributed by atoms with Crippen LogP contribution in [0.5, 0.6) is 0 Å². The van der Waals surface area contributed by atoms with E-state index in [0.717, 1.165) is 12.0 Å². The highest BCUT2D eigenvalue weighted by Crippen LogP contribution is 2.19. The number of piperazine rings is 1. The Kier molecular flexibility index (Phi) is 3.23. The van der Waals surface area contributed by atoms with Crippen molar-refractivity contribution in [2.75, 3.05) is 13.1 Å². The number of hydrogen-bond donors (Lipinski definition) is 1. The van der Waals surface area contributed by atoms with E-state index in [4.69, 9.17) is 0 Å². The van der Waals surface area contributed by atoms with Gasteiger partial charge < -0.3 is 4.90 Å². The minimum Gasteiger partial charge on any atom is -0.319 e. The van der Waals surface area contributed by atoms with Crippen molar-refractivity contribution in [3.05, 3.63) is 21.9 Å². The van der Waals surface area contributed by atoms with Crippen LogP contribution < -0.4 is 5.32 Å². The quantitative estimate of drug-likeness (QED) is 0.775. The molecule has 6 heteroatoms. The second-order valence-electron chi connectivity index (χ2n) is 3.76. The summed E-state index contributed by atoms with van der Waals surface area (Å²) >= 11 is 1.34. The Bertz CT molecular complexity index is 465. The second kappa shape index (κ2) is 4.67.